The van der Waals surface area contributed by atoms with Crippen LogP contribution in [0, 0.1) is 0 Å². The lowest BCUT2D eigenvalue weighted by Gasteiger charge is -2.35. The molecule has 0 spiro atoms. The monoisotopic (exact) mass is 302 g/mol. The number of rotatable bonds is 3. The van der Waals surface area contributed by atoms with E-state index in [9.17, 15) is 0 Å². The first-order chi connectivity index (χ1) is 7.65. The molecule has 0 aromatic carbocycles. The van der Waals surface area contributed by atoms with E-state index in [4.69, 9.17) is 0 Å². The zero-order valence-electron chi connectivity index (χ0n) is 9.95. The van der Waals surface area contributed by atoms with Crippen LogP contribution in [-0.4, -0.2) is 43.0 Å². The molecule has 1 unspecified atom stereocenters. The van der Waals surface area contributed by atoms with E-state index in [-0.39, 0.29) is 0 Å². The molecule has 4 heteroatoms. The van der Waals surface area contributed by atoms with E-state index >= 15 is 0 Å². The summed E-state index contributed by atoms with van der Waals surface area (Å²) in [5.41, 5.74) is 0. The molecule has 0 bridgehead atoms. The summed E-state index contributed by atoms with van der Waals surface area (Å²) in [6.45, 7) is 3.55. The van der Waals surface area contributed by atoms with Gasteiger partial charge in [-0.1, -0.05) is 0 Å². The maximum Gasteiger partial charge on any atom is 0.0701 e. The summed E-state index contributed by atoms with van der Waals surface area (Å²) < 4.78 is 1.23. The van der Waals surface area contributed by atoms with E-state index < -0.39 is 0 Å². The van der Waals surface area contributed by atoms with Crippen LogP contribution in [-0.2, 0) is 6.54 Å². The van der Waals surface area contributed by atoms with Crippen molar-refractivity contribution < 1.29 is 0 Å². The quantitative estimate of drug-likeness (QED) is 0.847. The first-order valence-electron chi connectivity index (χ1n) is 5.78. The molecule has 1 fully saturated rings. The summed E-state index contributed by atoms with van der Waals surface area (Å²) >= 11 is 5.36. The number of hydrogen-bond acceptors (Lipinski definition) is 3. The van der Waals surface area contributed by atoms with Crippen molar-refractivity contribution in [3.8, 4) is 0 Å². The van der Waals surface area contributed by atoms with Crippen molar-refractivity contribution in [1.29, 1.82) is 0 Å². The van der Waals surface area contributed by atoms with Crippen LogP contribution in [0.15, 0.2) is 15.9 Å². The Bertz CT molecular complexity index is 340. The molecule has 2 heterocycles. The highest BCUT2D eigenvalue weighted by Gasteiger charge is 2.21. The molecule has 0 radical (unpaired) electrons. The predicted molar refractivity (Wildman–Crippen MR) is 74.0 cm³/mol. The highest BCUT2D eigenvalue weighted by molar-refractivity contribution is 9.11. The topological polar surface area (TPSA) is 6.48 Å². The largest absolute Gasteiger partial charge is 0.305 e. The fourth-order valence-electron chi connectivity index (χ4n) is 2.31. The molecule has 90 valence electrons. The minimum absolute atomic E-state index is 0.722. The summed E-state index contributed by atoms with van der Waals surface area (Å²) in [7, 11) is 4.47. The average molecular weight is 303 g/mol. The molecule has 1 aromatic heterocycles. The van der Waals surface area contributed by atoms with Crippen molar-refractivity contribution in [2.75, 3.05) is 27.2 Å². The van der Waals surface area contributed by atoms with Gasteiger partial charge in [0.05, 0.1) is 3.79 Å². The minimum Gasteiger partial charge on any atom is -0.305 e. The number of halogens is 1. The Hall–Kier alpha value is 0.1000. The molecule has 2 nitrogen and oxygen atoms in total. The third-order valence-electron chi connectivity index (χ3n) is 3.26. The number of thiophene rings is 1. The van der Waals surface area contributed by atoms with Crippen LogP contribution in [0.3, 0.4) is 0 Å². The van der Waals surface area contributed by atoms with Gasteiger partial charge in [0.1, 0.15) is 0 Å². The molecule has 16 heavy (non-hydrogen) atoms. The van der Waals surface area contributed by atoms with Gasteiger partial charge >= 0.3 is 0 Å². The average Bonchev–Trinajstić information content (AvgIpc) is 2.64. The minimum atomic E-state index is 0.722. The smallest absolute Gasteiger partial charge is 0.0701 e. The summed E-state index contributed by atoms with van der Waals surface area (Å²) in [6.07, 6.45) is 2.67. The van der Waals surface area contributed by atoms with E-state index in [1.54, 1.807) is 0 Å². The fraction of sp³-hybridized carbons (Fsp3) is 0.667. The Balaban J connectivity index is 1.89. The van der Waals surface area contributed by atoms with Crippen molar-refractivity contribution in [3.63, 3.8) is 0 Å². The summed E-state index contributed by atoms with van der Waals surface area (Å²) in [5, 5.41) is 0. The van der Waals surface area contributed by atoms with E-state index in [1.165, 1.54) is 34.6 Å². The lowest BCUT2D eigenvalue weighted by Crippen LogP contribution is -2.44. The number of likely N-dealkylation sites (tertiary alicyclic amines) is 1. The highest BCUT2D eigenvalue weighted by atomic mass is 79.9. The maximum absolute atomic E-state index is 3.52. The van der Waals surface area contributed by atoms with Gasteiger partial charge in [-0.05, 0) is 61.5 Å². The Morgan fingerprint density at radius 2 is 2.38 bits per heavy atom. The predicted octanol–water partition coefficient (Wildman–Crippen LogP) is 3.04. The van der Waals surface area contributed by atoms with Crippen molar-refractivity contribution in [2.45, 2.75) is 25.4 Å². The second-order valence-corrected chi connectivity index (χ2v) is 7.23. The molecular formula is C12H19BrN2S. The van der Waals surface area contributed by atoms with Crippen LogP contribution in [0.4, 0.5) is 0 Å². The first-order valence-corrected chi connectivity index (χ1v) is 7.39. The van der Waals surface area contributed by atoms with Crippen molar-refractivity contribution in [3.05, 3.63) is 20.8 Å². The molecule has 1 aliphatic rings. The molecule has 0 aliphatic carbocycles. The highest BCUT2D eigenvalue weighted by Crippen LogP contribution is 2.24. The maximum atomic E-state index is 3.52. The SMILES string of the molecule is CN1CCCC(N(C)Cc2ccc(Br)s2)C1. The van der Waals surface area contributed by atoms with Gasteiger partial charge in [0, 0.05) is 24.0 Å². The van der Waals surface area contributed by atoms with Crippen LogP contribution in [0.5, 0.6) is 0 Å². The van der Waals surface area contributed by atoms with Crippen molar-refractivity contribution >= 4 is 27.3 Å². The fourth-order valence-corrected chi connectivity index (χ4v) is 3.86. The van der Waals surface area contributed by atoms with E-state index in [2.05, 4.69) is 52.0 Å². The van der Waals surface area contributed by atoms with Gasteiger partial charge in [-0.15, -0.1) is 11.3 Å². The Labute approximate surface area is 110 Å². The molecule has 0 amide bonds. The molecule has 0 saturated carbocycles. The Kier molecular flexibility index (Phi) is 4.41. The zero-order chi connectivity index (χ0) is 11.5. The molecule has 1 saturated heterocycles. The van der Waals surface area contributed by atoms with E-state index in [1.807, 2.05) is 11.3 Å². The Morgan fingerprint density at radius 1 is 1.56 bits per heavy atom. The standard InChI is InChI=1S/C12H19BrN2S/c1-14-7-3-4-10(8-14)15(2)9-11-5-6-12(13)16-11/h5-6,10H,3-4,7-9H2,1-2H3. The second kappa shape index (κ2) is 5.63. The number of hydrogen-bond donors (Lipinski definition) is 0. The number of nitrogens with zero attached hydrogens (tertiary/aromatic N) is 2. The molecule has 2 rings (SSSR count). The normalized spacial score (nSPS) is 22.9. The first kappa shape index (κ1) is 12.6. The molecular weight excluding hydrogens is 284 g/mol. The third-order valence-corrected chi connectivity index (χ3v) is 4.87. The molecule has 1 aliphatic heterocycles. The van der Waals surface area contributed by atoms with E-state index in [0.29, 0.717) is 0 Å². The number of piperidine rings is 1. The van der Waals surface area contributed by atoms with Crippen LogP contribution < -0.4 is 0 Å². The summed E-state index contributed by atoms with van der Waals surface area (Å²) in [6, 6.07) is 5.08. The van der Waals surface area contributed by atoms with Gasteiger partial charge in [0.25, 0.3) is 0 Å². The van der Waals surface area contributed by atoms with Crippen molar-refractivity contribution in [2.24, 2.45) is 0 Å². The van der Waals surface area contributed by atoms with Crippen LogP contribution >= 0.6 is 27.3 Å². The Morgan fingerprint density at radius 3 is 3.00 bits per heavy atom. The third kappa shape index (κ3) is 3.29. The van der Waals surface area contributed by atoms with E-state index in [0.717, 1.165) is 12.6 Å². The van der Waals surface area contributed by atoms with Crippen LogP contribution in [0.25, 0.3) is 0 Å². The molecule has 1 atom stereocenters. The van der Waals surface area contributed by atoms with Crippen LogP contribution in [0.2, 0.25) is 0 Å². The number of likely N-dealkylation sites (N-methyl/N-ethyl adjacent to an activating group) is 2. The lowest BCUT2D eigenvalue weighted by molar-refractivity contribution is 0.130. The second-order valence-electron chi connectivity index (χ2n) is 4.68. The lowest BCUT2D eigenvalue weighted by atomic mass is 10.1. The zero-order valence-corrected chi connectivity index (χ0v) is 12.4. The molecule has 0 N–H and O–H groups in total. The summed E-state index contributed by atoms with van der Waals surface area (Å²) in [5.74, 6) is 0. The van der Waals surface area contributed by atoms with Gasteiger partial charge < -0.3 is 4.90 Å². The van der Waals surface area contributed by atoms with Crippen molar-refractivity contribution in [1.82, 2.24) is 9.80 Å². The van der Waals surface area contributed by atoms with Crippen LogP contribution in [0.1, 0.15) is 17.7 Å². The van der Waals surface area contributed by atoms with Gasteiger partial charge in [0.15, 0.2) is 0 Å². The van der Waals surface area contributed by atoms with Gasteiger partial charge in [-0.2, -0.15) is 0 Å². The summed E-state index contributed by atoms with van der Waals surface area (Å²) in [4.78, 5) is 6.38. The molecule has 1 aromatic rings. The van der Waals surface area contributed by atoms with Gasteiger partial charge in [-0.25, -0.2) is 0 Å². The van der Waals surface area contributed by atoms with Gasteiger partial charge in [-0.3, -0.25) is 4.90 Å². The van der Waals surface area contributed by atoms with Gasteiger partial charge in [0.2, 0.25) is 0 Å².